The van der Waals surface area contributed by atoms with Crippen LogP contribution in [0.15, 0.2) is 28.8 Å². The standard InChI is InChI=1S/C15H19N3O2/c1-3-4-9-16-14(19)10-13-17-15(20-18-13)12-8-6-5-7-11(12)2/h5-8H,3-4,9-10H2,1-2H3,(H,16,19). The van der Waals surface area contributed by atoms with E-state index in [9.17, 15) is 4.79 Å². The molecule has 0 bridgehead atoms. The summed E-state index contributed by atoms with van der Waals surface area (Å²) >= 11 is 0. The van der Waals surface area contributed by atoms with Gasteiger partial charge in [0.05, 0.1) is 6.42 Å². The van der Waals surface area contributed by atoms with E-state index in [0.717, 1.165) is 24.0 Å². The Bertz CT molecular complexity index is 578. The second-order valence-electron chi connectivity index (χ2n) is 4.71. The molecule has 1 N–H and O–H groups in total. The van der Waals surface area contributed by atoms with E-state index >= 15 is 0 Å². The van der Waals surface area contributed by atoms with Gasteiger partial charge in [0.1, 0.15) is 0 Å². The van der Waals surface area contributed by atoms with Gasteiger partial charge in [-0.05, 0) is 25.0 Å². The van der Waals surface area contributed by atoms with Gasteiger partial charge in [-0.1, -0.05) is 36.7 Å². The van der Waals surface area contributed by atoms with Gasteiger partial charge in [-0.3, -0.25) is 4.79 Å². The molecule has 0 fully saturated rings. The third-order valence-corrected chi connectivity index (χ3v) is 3.01. The van der Waals surface area contributed by atoms with Crippen LogP contribution in [0.3, 0.4) is 0 Å². The molecule has 0 saturated carbocycles. The Morgan fingerprint density at radius 2 is 2.15 bits per heavy atom. The summed E-state index contributed by atoms with van der Waals surface area (Å²) in [5, 5.41) is 6.69. The molecule has 20 heavy (non-hydrogen) atoms. The number of unbranched alkanes of at least 4 members (excludes halogenated alkanes) is 1. The number of amides is 1. The quantitative estimate of drug-likeness (QED) is 0.821. The number of rotatable bonds is 6. The van der Waals surface area contributed by atoms with Gasteiger partial charge in [0.2, 0.25) is 5.91 Å². The largest absolute Gasteiger partial charge is 0.356 e. The second kappa shape index (κ2) is 6.84. The first-order valence-electron chi connectivity index (χ1n) is 6.86. The third kappa shape index (κ3) is 3.66. The topological polar surface area (TPSA) is 68.0 Å². The predicted molar refractivity (Wildman–Crippen MR) is 76.1 cm³/mol. The molecule has 2 rings (SSSR count). The number of carbonyl (C=O) groups is 1. The van der Waals surface area contributed by atoms with Crippen molar-refractivity contribution in [2.75, 3.05) is 6.54 Å². The van der Waals surface area contributed by atoms with Crippen molar-refractivity contribution in [3.63, 3.8) is 0 Å². The Balaban J connectivity index is 1.99. The molecular formula is C15H19N3O2. The minimum Gasteiger partial charge on any atom is -0.356 e. The second-order valence-corrected chi connectivity index (χ2v) is 4.71. The van der Waals surface area contributed by atoms with Gasteiger partial charge >= 0.3 is 0 Å². The van der Waals surface area contributed by atoms with Crippen molar-refractivity contribution in [1.82, 2.24) is 15.5 Å². The molecule has 0 aliphatic carbocycles. The van der Waals surface area contributed by atoms with E-state index in [0.29, 0.717) is 18.3 Å². The Hall–Kier alpha value is -2.17. The molecule has 106 valence electrons. The van der Waals surface area contributed by atoms with E-state index in [4.69, 9.17) is 4.52 Å². The van der Waals surface area contributed by atoms with Crippen LogP contribution in [-0.4, -0.2) is 22.6 Å². The van der Waals surface area contributed by atoms with Gasteiger partial charge < -0.3 is 9.84 Å². The van der Waals surface area contributed by atoms with Crippen LogP contribution in [-0.2, 0) is 11.2 Å². The number of carbonyl (C=O) groups excluding carboxylic acids is 1. The highest BCUT2D eigenvalue weighted by Crippen LogP contribution is 2.20. The van der Waals surface area contributed by atoms with Crippen LogP contribution >= 0.6 is 0 Å². The van der Waals surface area contributed by atoms with Gasteiger partial charge in [-0.15, -0.1) is 0 Å². The zero-order valence-electron chi connectivity index (χ0n) is 11.8. The number of aromatic nitrogens is 2. The van der Waals surface area contributed by atoms with Crippen molar-refractivity contribution in [3.8, 4) is 11.5 Å². The van der Waals surface area contributed by atoms with Crippen molar-refractivity contribution >= 4 is 5.91 Å². The zero-order valence-corrected chi connectivity index (χ0v) is 11.8. The molecule has 0 spiro atoms. The van der Waals surface area contributed by atoms with Gasteiger partial charge in [0.15, 0.2) is 5.82 Å². The number of nitrogens with zero attached hydrogens (tertiary/aromatic N) is 2. The summed E-state index contributed by atoms with van der Waals surface area (Å²) in [4.78, 5) is 15.9. The fourth-order valence-corrected chi connectivity index (χ4v) is 1.86. The monoisotopic (exact) mass is 273 g/mol. The average molecular weight is 273 g/mol. The minimum atomic E-state index is -0.0735. The lowest BCUT2D eigenvalue weighted by molar-refractivity contribution is -0.120. The number of hydrogen-bond acceptors (Lipinski definition) is 4. The minimum absolute atomic E-state index is 0.0735. The van der Waals surface area contributed by atoms with E-state index in [2.05, 4.69) is 22.4 Å². The molecule has 0 radical (unpaired) electrons. The highest BCUT2D eigenvalue weighted by molar-refractivity contribution is 5.77. The van der Waals surface area contributed by atoms with Crippen molar-refractivity contribution < 1.29 is 9.32 Å². The number of benzene rings is 1. The van der Waals surface area contributed by atoms with Crippen LogP contribution in [0.1, 0.15) is 31.2 Å². The number of aryl methyl sites for hydroxylation is 1. The normalized spacial score (nSPS) is 10.5. The lowest BCUT2D eigenvalue weighted by Crippen LogP contribution is -2.26. The molecule has 5 heteroatoms. The maximum absolute atomic E-state index is 11.7. The summed E-state index contributed by atoms with van der Waals surface area (Å²) in [5.74, 6) is 0.798. The van der Waals surface area contributed by atoms with Gasteiger partial charge in [-0.25, -0.2) is 0 Å². The first-order chi connectivity index (χ1) is 9.70. The Kier molecular flexibility index (Phi) is 4.87. The van der Waals surface area contributed by atoms with E-state index in [-0.39, 0.29) is 12.3 Å². The lowest BCUT2D eigenvalue weighted by Gasteiger charge is -2.00. The first kappa shape index (κ1) is 14.2. The Labute approximate surface area is 118 Å². The molecule has 1 amide bonds. The summed E-state index contributed by atoms with van der Waals surface area (Å²) in [6, 6.07) is 7.78. The molecule has 0 saturated heterocycles. The van der Waals surface area contributed by atoms with Crippen LogP contribution in [0.2, 0.25) is 0 Å². The molecule has 0 aliphatic rings. The zero-order chi connectivity index (χ0) is 14.4. The van der Waals surface area contributed by atoms with E-state index in [1.54, 1.807) is 0 Å². The van der Waals surface area contributed by atoms with Crippen molar-refractivity contribution in [2.45, 2.75) is 33.1 Å². The maximum Gasteiger partial charge on any atom is 0.258 e. The molecular weight excluding hydrogens is 254 g/mol. The SMILES string of the molecule is CCCCNC(=O)Cc1noc(-c2ccccc2C)n1. The molecule has 1 heterocycles. The fourth-order valence-electron chi connectivity index (χ4n) is 1.86. The molecule has 1 aromatic carbocycles. The third-order valence-electron chi connectivity index (χ3n) is 3.01. The van der Waals surface area contributed by atoms with Crippen LogP contribution in [0.4, 0.5) is 0 Å². The highest BCUT2D eigenvalue weighted by Gasteiger charge is 2.13. The van der Waals surface area contributed by atoms with Gasteiger partial charge in [-0.2, -0.15) is 4.98 Å². The van der Waals surface area contributed by atoms with E-state index < -0.39 is 0 Å². The fraction of sp³-hybridized carbons (Fsp3) is 0.400. The summed E-state index contributed by atoms with van der Waals surface area (Å²) in [5.41, 5.74) is 1.97. The van der Waals surface area contributed by atoms with Gasteiger partial charge in [0.25, 0.3) is 5.89 Å². The smallest absolute Gasteiger partial charge is 0.258 e. The molecule has 1 aromatic heterocycles. The summed E-state index contributed by atoms with van der Waals surface area (Å²) in [6.07, 6.45) is 2.19. The molecule has 0 unspecified atom stereocenters. The van der Waals surface area contributed by atoms with E-state index in [1.165, 1.54) is 0 Å². The summed E-state index contributed by atoms with van der Waals surface area (Å²) in [6.45, 7) is 4.76. The first-order valence-corrected chi connectivity index (χ1v) is 6.86. The lowest BCUT2D eigenvalue weighted by atomic mass is 10.1. The number of nitrogens with one attached hydrogen (secondary N) is 1. The van der Waals surface area contributed by atoms with Crippen LogP contribution in [0, 0.1) is 6.92 Å². The molecule has 0 aliphatic heterocycles. The van der Waals surface area contributed by atoms with Crippen molar-refractivity contribution in [3.05, 3.63) is 35.7 Å². The highest BCUT2D eigenvalue weighted by atomic mass is 16.5. The van der Waals surface area contributed by atoms with Crippen molar-refractivity contribution in [1.29, 1.82) is 0 Å². The van der Waals surface area contributed by atoms with Crippen LogP contribution in [0.25, 0.3) is 11.5 Å². The Morgan fingerprint density at radius 1 is 1.35 bits per heavy atom. The molecule has 5 nitrogen and oxygen atoms in total. The van der Waals surface area contributed by atoms with Crippen LogP contribution < -0.4 is 5.32 Å². The maximum atomic E-state index is 11.7. The predicted octanol–water partition coefficient (Wildman–Crippen LogP) is 2.50. The average Bonchev–Trinajstić information content (AvgIpc) is 2.88. The molecule has 0 atom stereocenters. The summed E-state index contributed by atoms with van der Waals surface area (Å²) in [7, 11) is 0. The number of hydrogen-bond donors (Lipinski definition) is 1. The van der Waals surface area contributed by atoms with E-state index in [1.807, 2.05) is 31.2 Å². The molecule has 2 aromatic rings. The van der Waals surface area contributed by atoms with Crippen LogP contribution in [0.5, 0.6) is 0 Å². The Morgan fingerprint density at radius 3 is 2.90 bits per heavy atom. The summed E-state index contributed by atoms with van der Waals surface area (Å²) < 4.78 is 5.22. The van der Waals surface area contributed by atoms with Gasteiger partial charge in [0, 0.05) is 12.1 Å². The van der Waals surface area contributed by atoms with Crippen molar-refractivity contribution in [2.24, 2.45) is 0 Å².